The van der Waals surface area contributed by atoms with Crippen LogP contribution in [0.2, 0.25) is 0 Å². The molecule has 0 saturated heterocycles. The second-order valence-electron chi connectivity index (χ2n) is 3.70. The zero-order valence-corrected chi connectivity index (χ0v) is 14.0. The standard InChI is InChI=1S/C10H16BrNO2S3/c1-4-8(6-15-3)12-17(13,14)9-5-7(2)10(11)16-9/h5,8,12H,4,6H2,1-3H3. The van der Waals surface area contributed by atoms with E-state index in [1.165, 1.54) is 11.3 Å². The van der Waals surface area contributed by atoms with Crippen molar-refractivity contribution in [3.8, 4) is 0 Å². The van der Waals surface area contributed by atoms with E-state index >= 15 is 0 Å². The fourth-order valence-corrected chi connectivity index (χ4v) is 5.67. The molecule has 0 spiro atoms. The van der Waals surface area contributed by atoms with Gasteiger partial charge in [0.2, 0.25) is 10.0 Å². The summed E-state index contributed by atoms with van der Waals surface area (Å²) in [6.07, 6.45) is 2.77. The van der Waals surface area contributed by atoms with Crippen LogP contribution in [0.4, 0.5) is 0 Å². The van der Waals surface area contributed by atoms with Crippen LogP contribution in [0.1, 0.15) is 18.9 Å². The molecule has 1 aromatic rings. The fourth-order valence-electron chi connectivity index (χ4n) is 1.28. The lowest BCUT2D eigenvalue weighted by atomic mass is 10.3. The van der Waals surface area contributed by atoms with Gasteiger partial charge in [-0.2, -0.15) is 11.8 Å². The van der Waals surface area contributed by atoms with Crippen molar-refractivity contribution >= 4 is 49.1 Å². The van der Waals surface area contributed by atoms with Gasteiger partial charge in [-0.1, -0.05) is 6.92 Å². The maximum atomic E-state index is 12.1. The molecule has 0 radical (unpaired) electrons. The van der Waals surface area contributed by atoms with E-state index in [2.05, 4.69) is 20.7 Å². The number of nitrogens with one attached hydrogen (secondary N) is 1. The quantitative estimate of drug-likeness (QED) is 0.849. The molecule has 0 saturated carbocycles. The highest BCUT2D eigenvalue weighted by Crippen LogP contribution is 2.30. The molecule has 0 aliphatic rings. The molecule has 17 heavy (non-hydrogen) atoms. The molecule has 0 fully saturated rings. The third-order valence-electron chi connectivity index (χ3n) is 2.28. The van der Waals surface area contributed by atoms with E-state index < -0.39 is 10.0 Å². The average Bonchev–Trinajstić information content (AvgIpc) is 2.59. The second kappa shape index (κ2) is 6.56. The highest BCUT2D eigenvalue weighted by atomic mass is 79.9. The third-order valence-corrected chi connectivity index (χ3v) is 7.15. The number of aryl methyl sites for hydroxylation is 1. The van der Waals surface area contributed by atoms with E-state index in [4.69, 9.17) is 0 Å². The van der Waals surface area contributed by atoms with Crippen molar-refractivity contribution in [3.63, 3.8) is 0 Å². The largest absolute Gasteiger partial charge is 0.250 e. The molecule has 98 valence electrons. The van der Waals surface area contributed by atoms with Gasteiger partial charge in [0.15, 0.2) is 0 Å². The summed E-state index contributed by atoms with van der Waals surface area (Å²) >= 11 is 6.24. The number of sulfonamides is 1. The minimum absolute atomic E-state index is 0.00354. The first-order chi connectivity index (χ1) is 7.90. The van der Waals surface area contributed by atoms with Crippen LogP contribution >= 0.6 is 39.0 Å². The van der Waals surface area contributed by atoms with E-state index in [0.717, 1.165) is 21.5 Å². The topological polar surface area (TPSA) is 46.2 Å². The monoisotopic (exact) mass is 357 g/mol. The van der Waals surface area contributed by atoms with Crippen LogP contribution in [0.5, 0.6) is 0 Å². The molecule has 0 aromatic carbocycles. The number of hydrogen-bond donors (Lipinski definition) is 1. The number of hydrogen-bond acceptors (Lipinski definition) is 4. The smallest absolute Gasteiger partial charge is 0.207 e. The Morgan fingerprint density at radius 1 is 1.59 bits per heavy atom. The minimum Gasteiger partial charge on any atom is -0.207 e. The molecule has 1 unspecified atom stereocenters. The molecule has 1 aromatic heterocycles. The van der Waals surface area contributed by atoms with Crippen molar-refractivity contribution in [3.05, 3.63) is 15.4 Å². The van der Waals surface area contributed by atoms with Gasteiger partial charge >= 0.3 is 0 Å². The lowest BCUT2D eigenvalue weighted by Crippen LogP contribution is -2.35. The van der Waals surface area contributed by atoms with Gasteiger partial charge in [0, 0.05) is 11.8 Å². The van der Waals surface area contributed by atoms with E-state index in [-0.39, 0.29) is 6.04 Å². The molecular weight excluding hydrogens is 342 g/mol. The lowest BCUT2D eigenvalue weighted by Gasteiger charge is -2.14. The highest BCUT2D eigenvalue weighted by Gasteiger charge is 2.21. The number of halogens is 1. The van der Waals surface area contributed by atoms with Crippen molar-refractivity contribution in [2.24, 2.45) is 0 Å². The summed E-state index contributed by atoms with van der Waals surface area (Å²) < 4.78 is 28.2. The van der Waals surface area contributed by atoms with E-state index in [9.17, 15) is 8.42 Å². The van der Waals surface area contributed by atoms with Crippen LogP contribution < -0.4 is 4.72 Å². The molecule has 1 atom stereocenters. The predicted octanol–water partition coefficient (Wildman–Crippen LogP) is 3.24. The van der Waals surface area contributed by atoms with E-state index in [0.29, 0.717) is 4.21 Å². The summed E-state index contributed by atoms with van der Waals surface area (Å²) in [4.78, 5) is 0. The van der Waals surface area contributed by atoms with Gasteiger partial charge in [-0.05, 0) is 47.2 Å². The predicted molar refractivity (Wildman–Crippen MR) is 79.5 cm³/mol. The summed E-state index contributed by atoms with van der Waals surface area (Å²) in [5.41, 5.74) is 0.952. The highest BCUT2D eigenvalue weighted by molar-refractivity contribution is 9.11. The Morgan fingerprint density at radius 2 is 2.24 bits per heavy atom. The number of thiophene rings is 1. The van der Waals surface area contributed by atoms with Gasteiger partial charge in [0.1, 0.15) is 4.21 Å². The first-order valence-corrected chi connectivity index (χ1v) is 9.66. The van der Waals surface area contributed by atoms with Crippen molar-refractivity contribution in [1.82, 2.24) is 4.72 Å². The van der Waals surface area contributed by atoms with Gasteiger partial charge < -0.3 is 0 Å². The van der Waals surface area contributed by atoms with E-state index in [1.807, 2.05) is 20.1 Å². The van der Waals surface area contributed by atoms with Gasteiger partial charge in [-0.3, -0.25) is 0 Å². The first kappa shape index (κ1) is 15.5. The van der Waals surface area contributed by atoms with Gasteiger partial charge in [-0.25, -0.2) is 13.1 Å². The molecule has 1 rings (SSSR count). The molecular formula is C10H16BrNO2S3. The van der Waals surface area contributed by atoms with Crippen LogP contribution in [0.3, 0.4) is 0 Å². The first-order valence-electron chi connectivity index (χ1n) is 5.18. The summed E-state index contributed by atoms with van der Waals surface area (Å²) in [5.74, 6) is 0.793. The van der Waals surface area contributed by atoms with Gasteiger partial charge in [-0.15, -0.1) is 11.3 Å². The zero-order chi connectivity index (χ0) is 13.1. The summed E-state index contributed by atoms with van der Waals surface area (Å²) in [5, 5.41) is 0. The van der Waals surface area contributed by atoms with Crippen LogP contribution in [-0.2, 0) is 10.0 Å². The van der Waals surface area contributed by atoms with Gasteiger partial charge in [0.25, 0.3) is 0 Å². The second-order valence-corrected chi connectivity index (χ2v) is 8.93. The summed E-state index contributed by atoms with van der Waals surface area (Å²) in [6.45, 7) is 3.87. The molecule has 3 nitrogen and oxygen atoms in total. The SMILES string of the molecule is CCC(CSC)NS(=O)(=O)c1cc(C)c(Br)s1. The molecule has 0 aliphatic carbocycles. The van der Waals surface area contributed by atoms with Gasteiger partial charge in [0.05, 0.1) is 3.79 Å². The molecule has 0 bridgehead atoms. The Kier molecular flexibility index (Phi) is 5.98. The molecule has 7 heteroatoms. The summed E-state index contributed by atoms with van der Waals surface area (Å²) in [7, 11) is -3.37. The van der Waals surface area contributed by atoms with Crippen molar-refractivity contribution in [2.75, 3.05) is 12.0 Å². The van der Waals surface area contributed by atoms with Crippen LogP contribution in [0, 0.1) is 6.92 Å². The minimum atomic E-state index is -3.37. The van der Waals surface area contributed by atoms with Crippen LogP contribution in [0.25, 0.3) is 0 Å². The van der Waals surface area contributed by atoms with Crippen LogP contribution in [0.15, 0.2) is 14.1 Å². The normalized spacial score (nSPS) is 13.9. The lowest BCUT2D eigenvalue weighted by molar-refractivity contribution is 0.560. The third kappa shape index (κ3) is 4.24. The number of thioether (sulfide) groups is 1. The fraction of sp³-hybridized carbons (Fsp3) is 0.600. The van der Waals surface area contributed by atoms with Crippen molar-refractivity contribution in [2.45, 2.75) is 30.5 Å². The van der Waals surface area contributed by atoms with Crippen molar-refractivity contribution < 1.29 is 8.42 Å². The molecule has 1 N–H and O–H groups in total. The Morgan fingerprint density at radius 3 is 2.65 bits per heavy atom. The molecule has 1 heterocycles. The van der Waals surface area contributed by atoms with Crippen LogP contribution in [-0.4, -0.2) is 26.5 Å². The Hall–Kier alpha value is 0.440. The Balaban J connectivity index is 2.88. The number of rotatable bonds is 6. The Bertz CT molecular complexity index is 450. The zero-order valence-electron chi connectivity index (χ0n) is 9.99. The maximum Gasteiger partial charge on any atom is 0.250 e. The van der Waals surface area contributed by atoms with Crippen molar-refractivity contribution in [1.29, 1.82) is 0 Å². The average molecular weight is 358 g/mol. The maximum absolute atomic E-state index is 12.1. The van der Waals surface area contributed by atoms with E-state index in [1.54, 1.807) is 17.8 Å². The Labute approximate surface area is 120 Å². The molecule has 0 aliphatic heterocycles. The summed E-state index contributed by atoms with van der Waals surface area (Å²) in [6, 6.07) is 1.69. The molecule has 0 amide bonds.